The minimum Gasteiger partial charge on any atom is -0.321 e. The van der Waals surface area contributed by atoms with Gasteiger partial charge in [-0.1, -0.05) is 102 Å². The SMILES string of the molecule is O=C(Nc1ccc(SC(C(=O)Nc2nc(-c3ccc(Cl)cc3)cs2)c2ccccc2)cc1)/C(=C/c1ccc(Cl)cc1Cl)NC(=O)c1ccccc1. The minimum atomic E-state index is -0.596. The Hall–Kier alpha value is -4.90. The normalized spacial score (nSPS) is 11.8. The molecule has 6 rings (SSSR count). The van der Waals surface area contributed by atoms with Crippen molar-refractivity contribution in [1.82, 2.24) is 10.3 Å². The van der Waals surface area contributed by atoms with Crippen molar-refractivity contribution in [1.29, 1.82) is 0 Å². The zero-order chi connectivity index (χ0) is 35.7. The third-order valence-electron chi connectivity index (χ3n) is 7.37. The van der Waals surface area contributed by atoms with Crippen LogP contribution < -0.4 is 16.0 Å². The monoisotopic (exact) mass is 768 g/mol. The average molecular weight is 770 g/mol. The summed E-state index contributed by atoms with van der Waals surface area (Å²) >= 11 is 21.2. The van der Waals surface area contributed by atoms with E-state index < -0.39 is 17.1 Å². The number of carbonyl (C=O) groups excluding carboxylic acids is 3. The quantitative estimate of drug-likeness (QED) is 0.0900. The van der Waals surface area contributed by atoms with Crippen LogP contribution in [0.25, 0.3) is 17.3 Å². The lowest BCUT2D eigenvalue weighted by Gasteiger charge is -2.17. The summed E-state index contributed by atoms with van der Waals surface area (Å²) in [5, 5.41) is 11.7. The van der Waals surface area contributed by atoms with Gasteiger partial charge in [-0.2, -0.15) is 0 Å². The molecular weight excluding hydrogens is 743 g/mol. The Morgan fingerprint density at radius 3 is 2.10 bits per heavy atom. The van der Waals surface area contributed by atoms with E-state index in [-0.39, 0.29) is 11.6 Å². The van der Waals surface area contributed by atoms with Crippen LogP contribution in [0, 0.1) is 0 Å². The van der Waals surface area contributed by atoms with Crippen LogP contribution in [0.4, 0.5) is 10.8 Å². The van der Waals surface area contributed by atoms with Crippen LogP contribution in [0.2, 0.25) is 15.1 Å². The number of aromatic nitrogens is 1. The Balaban J connectivity index is 1.18. The summed E-state index contributed by atoms with van der Waals surface area (Å²) < 4.78 is 0. The molecule has 12 heteroatoms. The molecule has 0 aliphatic heterocycles. The van der Waals surface area contributed by atoms with Crippen LogP contribution >= 0.6 is 57.9 Å². The van der Waals surface area contributed by atoms with Crippen molar-refractivity contribution < 1.29 is 14.4 Å². The van der Waals surface area contributed by atoms with Crippen molar-refractivity contribution in [2.45, 2.75) is 10.1 Å². The van der Waals surface area contributed by atoms with Crippen LogP contribution in [-0.4, -0.2) is 22.7 Å². The molecule has 51 heavy (non-hydrogen) atoms. The molecule has 254 valence electrons. The lowest BCUT2D eigenvalue weighted by molar-refractivity contribution is -0.116. The molecule has 1 atom stereocenters. The highest BCUT2D eigenvalue weighted by molar-refractivity contribution is 8.00. The van der Waals surface area contributed by atoms with E-state index in [2.05, 4.69) is 20.9 Å². The predicted octanol–water partition coefficient (Wildman–Crippen LogP) is 10.7. The predicted molar refractivity (Wildman–Crippen MR) is 210 cm³/mol. The smallest absolute Gasteiger partial charge is 0.272 e. The van der Waals surface area contributed by atoms with Gasteiger partial charge < -0.3 is 16.0 Å². The number of halogens is 3. The summed E-state index contributed by atoms with van der Waals surface area (Å²) in [7, 11) is 0. The number of anilines is 2. The van der Waals surface area contributed by atoms with Crippen LogP contribution in [0.3, 0.4) is 0 Å². The van der Waals surface area contributed by atoms with E-state index in [1.54, 1.807) is 72.8 Å². The summed E-state index contributed by atoms with van der Waals surface area (Å²) in [5.41, 5.74) is 3.79. The van der Waals surface area contributed by atoms with Gasteiger partial charge in [0.1, 0.15) is 10.9 Å². The average Bonchev–Trinajstić information content (AvgIpc) is 3.61. The number of benzene rings is 5. The van der Waals surface area contributed by atoms with Gasteiger partial charge in [-0.3, -0.25) is 14.4 Å². The number of thiazole rings is 1. The molecule has 0 saturated heterocycles. The first-order chi connectivity index (χ1) is 24.7. The van der Waals surface area contributed by atoms with Crippen LogP contribution in [0.5, 0.6) is 0 Å². The van der Waals surface area contributed by atoms with E-state index in [0.717, 1.165) is 21.7 Å². The van der Waals surface area contributed by atoms with Crippen LogP contribution in [-0.2, 0) is 9.59 Å². The third kappa shape index (κ3) is 9.67. The van der Waals surface area contributed by atoms with Crippen molar-refractivity contribution in [3.8, 4) is 11.3 Å². The number of hydrogen-bond acceptors (Lipinski definition) is 6. The van der Waals surface area contributed by atoms with Gasteiger partial charge >= 0.3 is 0 Å². The number of thioether (sulfide) groups is 1. The molecule has 0 fully saturated rings. The van der Waals surface area contributed by atoms with Crippen molar-refractivity contribution >= 4 is 92.5 Å². The van der Waals surface area contributed by atoms with Gasteiger partial charge in [0.05, 0.1) is 5.69 Å². The Bertz CT molecular complexity index is 2200. The molecule has 1 aromatic heterocycles. The fourth-order valence-corrected chi connectivity index (χ4v) is 7.16. The molecule has 0 aliphatic rings. The fraction of sp³-hybridized carbons (Fsp3) is 0.0256. The molecule has 3 amide bonds. The maximum atomic E-state index is 13.7. The number of amides is 3. The molecule has 0 aliphatic carbocycles. The summed E-state index contributed by atoms with van der Waals surface area (Å²) in [6.07, 6.45) is 1.49. The van der Waals surface area contributed by atoms with Gasteiger partial charge in [-0.05, 0) is 77.9 Å². The molecule has 6 aromatic rings. The fourth-order valence-electron chi connectivity index (χ4n) is 4.82. The molecule has 0 spiro atoms. The Kier molecular flexibility index (Phi) is 11.9. The summed E-state index contributed by atoms with van der Waals surface area (Å²) in [6.45, 7) is 0. The molecule has 0 radical (unpaired) electrons. The Morgan fingerprint density at radius 1 is 0.745 bits per heavy atom. The number of nitrogens with one attached hydrogen (secondary N) is 3. The van der Waals surface area contributed by atoms with Gasteiger partial charge in [-0.15, -0.1) is 23.1 Å². The van der Waals surface area contributed by atoms with Crippen molar-refractivity contribution in [2.24, 2.45) is 0 Å². The highest BCUT2D eigenvalue weighted by atomic mass is 35.5. The third-order valence-corrected chi connectivity index (χ3v) is 10.2. The van der Waals surface area contributed by atoms with Crippen LogP contribution in [0.1, 0.15) is 26.7 Å². The zero-order valence-corrected chi connectivity index (χ0v) is 30.4. The maximum absolute atomic E-state index is 13.7. The van der Waals surface area contributed by atoms with E-state index in [1.165, 1.54) is 29.2 Å². The van der Waals surface area contributed by atoms with Gasteiger partial charge in [0.2, 0.25) is 5.91 Å². The van der Waals surface area contributed by atoms with Crippen molar-refractivity contribution in [3.63, 3.8) is 0 Å². The molecule has 7 nitrogen and oxygen atoms in total. The highest BCUT2D eigenvalue weighted by Gasteiger charge is 2.24. The van der Waals surface area contributed by atoms with Crippen molar-refractivity contribution in [3.05, 3.63) is 170 Å². The van der Waals surface area contributed by atoms with E-state index in [0.29, 0.717) is 37.0 Å². The van der Waals surface area contributed by atoms with E-state index in [9.17, 15) is 14.4 Å². The van der Waals surface area contributed by atoms with Gasteiger partial charge in [-0.25, -0.2) is 4.98 Å². The van der Waals surface area contributed by atoms with E-state index >= 15 is 0 Å². The summed E-state index contributed by atoms with van der Waals surface area (Å²) in [5.74, 6) is -1.25. The number of carbonyl (C=O) groups is 3. The molecule has 3 N–H and O–H groups in total. The molecule has 1 heterocycles. The largest absolute Gasteiger partial charge is 0.321 e. The topological polar surface area (TPSA) is 100 Å². The van der Waals surface area contributed by atoms with E-state index in [1.807, 2.05) is 60.0 Å². The first-order valence-corrected chi connectivity index (χ1v) is 18.3. The Labute approximate surface area is 317 Å². The second kappa shape index (κ2) is 16.9. The number of hydrogen-bond donors (Lipinski definition) is 3. The first-order valence-electron chi connectivity index (χ1n) is 15.4. The second-order valence-corrected chi connectivity index (χ2v) is 14.3. The van der Waals surface area contributed by atoms with E-state index in [4.69, 9.17) is 34.8 Å². The minimum absolute atomic E-state index is 0.0197. The number of nitrogens with zero attached hydrogens (tertiary/aromatic N) is 1. The first kappa shape index (κ1) is 35.9. The molecule has 1 unspecified atom stereocenters. The van der Waals surface area contributed by atoms with Crippen molar-refractivity contribution in [2.75, 3.05) is 10.6 Å². The molecular formula is C39H27Cl3N4O3S2. The highest BCUT2D eigenvalue weighted by Crippen LogP contribution is 2.37. The maximum Gasteiger partial charge on any atom is 0.272 e. The van der Waals surface area contributed by atoms with Crippen LogP contribution in [0.15, 0.2) is 143 Å². The lowest BCUT2D eigenvalue weighted by Crippen LogP contribution is -2.30. The second-order valence-electron chi connectivity index (χ2n) is 11.0. The van der Waals surface area contributed by atoms with Gasteiger partial charge in [0, 0.05) is 42.2 Å². The van der Waals surface area contributed by atoms with Gasteiger partial charge in [0.25, 0.3) is 11.8 Å². The standard InChI is InChI=1S/C39H27Cl3N4O3S2/c40-28-14-11-24(12-15-28)34-23-50-39(45-34)46-38(49)35(25-7-3-1-4-8-25)51-31-19-17-30(18-20-31)43-37(48)33(21-27-13-16-29(41)22-32(27)42)44-36(47)26-9-5-2-6-10-26/h1-23,35H,(H,43,48)(H,44,47)(H,45,46,49)/b33-21-. The van der Waals surface area contributed by atoms with Gasteiger partial charge in [0.15, 0.2) is 5.13 Å². The molecule has 0 bridgehead atoms. The Morgan fingerprint density at radius 2 is 1.41 bits per heavy atom. The summed E-state index contributed by atoms with van der Waals surface area (Å²) in [6, 6.07) is 37.3. The summed E-state index contributed by atoms with van der Waals surface area (Å²) in [4.78, 5) is 45.7. The lowest BCUT2D eigenvalue weighted by atomic mass is 10.1. The molecule has 0 saturated carbocycles. The molecule has 5 aromatic carbocycles. The zero-order valence-electron chi connectivity index (χ0n) is 26.5. The number of rotatable bonds is 11.